The average molecular weight is 510 g/mol. The Morgan fingerprint density at radius 2 is 1.61 bits per heavy atom. The number of carbonyl (C=O) groups is 4. The normalized spacial score (nSPS) is 13.1. The zero-order valence-electron chi connectivity index (χ0n) is 20.0. The molecule has 0 fully saturated rings. The Hall–Kier alpha value is -4.09. The molecule has 3 rings (SSSR count). The highest BCUT2D eigenvalue weighted by Gasteiger charge is 2.31. The molecular formula is C25H27N5O5S. The van der Waals surface area contributed by atoms with E-state index in [-0.39, 0.29) is 16.7 Å². The van der Waals surface area contributed by atoms with E-state index in [1.165, 1.54) is 19.4 Å². The minimum absolute atomic E-state index is 0.0687. The summed E-state index contributed by atoms with van der Waals surface area (Å²) in [6.45, 7) is 3.21. The van der Waals surface area contributed by atoms with Gasteiger partial charge in [0.25, 0.3) is 0 Å². The standard InChI is InChI=1S/C25H27N5O5S/c1-14(16-7-5-4-6-8-16)21(23(33)30-25-28-19(13-36-25)24(34)35-3)29-22(32)20(26)17-9-11-18(12-10-17)27-15(2)31/h4-14,20-21H,26H2,1-3H3,(H,27,31)(H,29,32)(H,28,30,33)/t14?,20-,21?/m1/s1. The summed E-state index contributed by atoms with van der Waals surface area (Å²) in [5, 5.41) is 9.74. The van der Waals surface area contributed by atoms with Crippen LogP contribution < -0.4 is 21.7 Å². The van der Waals surface area contributed by atoms with Gasteiger partial charge in [0.15, 0.2) is 10.8 Å². The first-order valence-electron chi connectivity index (χ1n) is 11.0. The van der Waals surface area contributed by atoms with Crippen molar-refractivity contribution in [3.8, 4) is 0 Å². The minimum Gasteiger partial charge on any atom is -0.464 e. The van der Waals surface area contributed by atoms with Crippen molar-refractivity contribution in [1.29, 1.82) is 0 Å². The van der Waals surface area contributed by atoms with Gasteiger partial charge in [-0.2, -0.15) is 0 Å². The van der Waals surface area contributed by atoms with Gasteiger partial charge in [0.2, 0.25) is 17.7 Å². The highest BCUT2D eigenvalue weighted by molar-refractivity contribution is 7.14. The van der Waals surface area contributed by atoms with E-state index in [1.54, 1.807) is 24.3 Å². The number of amides is 3. The van der Waals surface area contributed by atoms with Crippen molar-refractivity contribution >= 4 is 45.8 Å². The van der Waals surface area contributed by atoms with Gasteiger partial charge in [0.1, 0.15) is 12.1 Å². The van der Waals surface area contributed by atoms with E-state index in [9.17, 15) is 19.2 Å². The van der Waals surface area contributed by atoms with Crippen molar-refractivity contribution in [3.63, 3.8) is 0 Å². The first kappa shape index (κ1) is 26.5. The number of thiazole rings is 1. The van der Waals surface area contributed by atoms with Crippen LogP contribution in [0.2, 0.25) is 0 Å². The van der Waals surface area contributed by atoms with Crippen molar-refractivity contribution in [2.24, 2.45) is 5.73 Å². The Morgan fingerprint density at radius 1 is 0.944 bits per heavy atom. The van der Waals surface area contributed by atoms with Crippen molar-refractivity contribution in [3.05, 3.63) is 76.8 Å². The molecule has 3 amide bonds. The van der Waals surface area contributed by atoms with Gasteiger partial charge in [-0.05, 0) is 23.3 Å². The lowest BCUT2D eigenvalue weighted by Gasteiger charge is -2.26. The average Bonchev–Trinajstić information content (AvgIpc) is 3.34. The van der Waals surface area contributed by atoms with Gasteiger partial charge in [-0.25, -0.2) is 9.78 Å². The SMILES string of the molecule is COC(=O)c1csc(NC(=O)C(NC(=O)[C@H](N)c2ccc(NC(C)=O)cc2)C(C)c2ccccc2)n1. The van der Waals surface area contributed by atoms with Crippen molar-refractivity contribution in [2.45, 2.75) is 31.8 Å². The molecule has 0 bridgehead atoms. The van der Waals surface area contributed by atoms with Gasteiger partial charge in [-0.3, -0.25) is 14.4 Å². The first-order chi connectivity index (χ1) is 17.2. The quantitative estimate of drug-likeness (QED) is 0.324. The summed E-state index contributed by atoms with van der Waals surface area (Å²) in [4.78, 5) is 53.3. The number of nitrogens with two attached hydrogens (primary N) is 1. The van der Waals surface area contributed by atoms with E-state index < -0.39 is 35.8 Å². The third kappa shape index (κ3) is 6.74. The molecule has 0 spiro atoms. The Morgan fingerprint density at radius 3 is 2.22 bits per heavy atom. The lowest BCUT2D eigenvalue weighted by atomic mass is 9.92. The Kier molecular flexibility index (Phi) is 8.87. The zero-order valence-corrected chi connectivity index (χ0v) is 20.8. The van der Waals surface area contributed by atoms with Crippen molar-refractivity contribution < 1.29 is 23.9 Å². The maximum absolute atomic E-state index is 13.3. The second kappa shape index (κ2) is 12.0. The summed E-state index contributed by atoms with van der Waals surface area (Å²) in [6, 6.07) is 13.8. The van der Waals surface area contributed by atoms with E-state index >= 15 is 0 Å². The van der Waals surface area contributed by atoms with E-state index in [0.29, 0.717) is 11.3 Å². The fraction of sp³-hybridized carbons (Fsp3) is 0.240. The zero-order chi connectivity index (χ0) is 26.2. The number of ether oxygens (including phenoxy) is 1. The summed E-state index contributed by atoms with van der Waals surface area (Å²) in [7, 11) is 1.24. The van der Waals surface area contributed by atoms with E-state index in [4.69, 9.17) is 5.73 Å². The summed E-state index contributed by atoms with van der Waals surface area (Å²) < 4.78 is 4.65. The van der Waals surface area contributed by atoms with Gasteiger partial charge in [-0.15, -0.1) is 11.3 Å². The second-order valence-corrected chi connectivity index (χ2v) is 8.84. The topological polar surface area (TPSA) is 153 Å². The van der Waals surface area contributed by atoms with Gasteiger partial charge >= 0.3 is 5.97 Å². The van der Waals surface area contributed by atoms with Gasteiger partial charge in [-0.1, -0.05) is 49.4 Å². The predicted octanol–water partition coefficient (Wildman–Crippen LogP) is 2.82. The Balaban J connectivity index is 1.79. The fourth-order valence-corrected chi connectivity index (χ4v) is 4.13. The Bertz CT molecular complexity index is 1230. The van der Waals surface area contributed by atoms with Crippen LogP contribution in [0.3, 0.4) is 0 Å². The van der Waals surface area contributed by atoms with E-state index in [0.717, 1.165) is 16.9 Å². The van der Waals surface area contributed by atoms with E-state index in [2.05, 4.69) is 25.7 Å². The van der Waals surface area contributed by atoms with Gasteiger partial charge in [0.05, 0.1) is 7.11 Å². The highest BCUT2D eigenvalue weighted by atomic mass is 32.1. The van der Waals surface area contributed by atoms with Crippen LogP contribution in [0.5, 0.6) is 0 Å². The molecule has 3 aromatic rings. The number of hydrogen-bond donors (Lipinski definition) is 4. The first-order valence-corrected chi connectivity index (χ1v) is 11.9. The number of anilines is 2. The molecule has 2 aromatic carbocycles. The van der Waals surface area contributed by atoms with Crippen LogP contribution in [0.15, 0.2) is 60.0 Å². The molecule has 0 saturated heterocycles. The fourth-order valence-electron chi connectivity index (χ4n) is 3.45. The van der Waals surface area contributed by atoms with E-state index in [1.807, 2.05) is 37.3 Å². The maximum Gasteiger partial charge on any atom is 0.357 e. The molecule has 5 N–H and O–H groups in total. The number of nitrogens with zero attached hydrogens (tertiary/aromatic N) is 1. The molecule has 2 unspecified atom stereocenters. The predicted molar refractivity (Wildman–Crippen MR) is 137 cm³/mol. The number of esters is 1. The lowest BCUT2D eigenvalue weighted by Crippen LogP contribution is -2.49. The van der Waals surface area contributed by atoms with Crippen LogP contribution in [0, 0.1) is 0 Å². The van der Waals surface area contributed by atoms with Gasteiger partial charge < -0.3 is 26.4 Å². The monoisotopic (exact) mass is 509 g/mol. The number of aromatic nitrogens is 1. The summed E-state index contributed by atoms with van der Waals surface area (Å²) in [5.41, 5.74) is 8.17. The number of rotatable bonds is 9. The van der Waals surface area contributed by atoms with Gasteiger partial charge in [0, 0.05) is 23.9 Å². The van der Waals surface area contributed by atoms with Crippen LogP contribution in [0.25, 0.3) is 0 Å². The van der Waals surface area contributed by atoms with Crippen LogP contribution >= 0.6 is 11.3 Å². The molecule has 0 radical (unpaired) electrons. The van der Waals surface area contributed by atoms with Crippen LogP contribution in [0.4, 0.5) is 10.8 Å². The molecule has 188 valence electrons. The molecular weight excluding hydrogens is 482 g/mol. The Labute approximate surface area is 212 Å². The molecule has 10 nitrogen and oxygen atoms in total. The number of carbonyl (C=O) groups excluding carboxylic acids is 4. The van der Waals surface area contributed by atoms with Crippen molar-refractivity contribution in [1.82, 2.24) is 10.3 Å². The molecule has 0 aliphatic heterocycles. The molecule has 1 heterocycles. The van der Waals surface area contributed by atoms with Crippen molar-refractivity contribution in [2.75, 3.05) is 17.7 Å². The number of nitrogens with one attached hydrogen (secondary N) is 3. The molecule has 11 heteroatoms. The molecule has 36 heavy (non-hydrogen) atoms. The molecule has 3 atom stereocenters. The molecule has 0 saturated carbocycles. The summed E-state index contributed by atoms with van der Waals surface area (Å²) in [6.07, 6.45) is 0. The third-order valence-electron chi connectivity index (χ3n) is 5.41. The molecule has 1 aromatic heterocycles. The largest absolute Gasteiger partial charge is 0.464 e. The minimum atomic E-state index is -1.06. The third-order valence-corrected chi connectivity index (χ3v) is 6.16. The second-order valence-electron chi connectivity index (χ2n) is 7.99. The van der Waals surface area contributed by atoms with Crippen LogP contribution in [-0.4, -0.2) is 41.8 Å². The highest BCUT2D eigenvalue weighted by Crippen LogP contribution is 2.23. The number of benzene rings is 2. The summed E-state index contributed by atoms with van der Waals surface area (Å²) in [5.74, 6) is -2.32. The number of hydrogen-bond acceptors (Lipinski definition) is 8. The maximum atomic E-state index is 13.3. The summed E-state index contributed by atoms with van der Waals surface area (Å²) >= 11 is 1.06. The number of methoxy groups -OCH3 is 1. The molecule has 0 aliphatic rings. The van der Waals surface area contributed by atoms with Crippen LogP contribution in [-0.2, 0) is 19.1 Å². The lowest BCUT2D eigenvalue weighted by molar-refractivity contribution is -0.127. The molecule has 0 aliphatic carbocycles. The van der Waals surface area contributed by atoms with Crippen LogP contribution in [0.1, 0.15) is 47.4 Å². The smallest absolute Gasteiger partial charge is 0.357 e.